The Kier molecular flexibility index (Phi) is 8.25. The summed E-state index contributed by atoms with van der Waals surface area (Å²) in [6.07, 6.45) is 1.61. The predicted octanol–water partition coefficient (Wildman–Crippen LogP) is 7.83. The van der Waals surface area contributed by atoms with E-state index >= 15 is 0 Å². The van der Waals surface area contributed by atoms with Crippen molar-refractivity contribution >= 4 is 63.5 Å². The molecule has 0 saturated carbocycles. The molecule has 10 heteroatoms. The summed E-state index contributed by atoms with van der Waals surface area (Å²) >= 11 is 19.5. The molecule has 0 amide bonds. The van der Waals surface area contributed by atoms with Crippen LogP contribution in [0.5, 0.6) is 11.5 Å². The minimum atomic E-state index is -0.508. The molecule has 0 aliphatic carbocycles. The van der Waals surface area contributed by atoms with Crippen LogP contribution in [0.2, 0.25) is 15.1 Å². The molecule has 0 bridgehead atoms. The molecule has 4 rings (SSSR count). The van der Waals surface area contributed by atoms with E-state index in [2.05, 4.69) is 15.5 Å². The first-order valence-electron chi connectivity index (χ1n) is 10.4. The number of rotatable bonds is 8. The maximum atomic E-state index is 12.5. The molecule has 0 fully saturated rings. The lowest BCUT2D eigenvalue weighted by atomic mass is 10.2. The van der Waals surface area contributed by atoms with Gasteiger partial charge in [-0.3, -0.25) is 5.43 Å². The minimum Gasteiger partial charge on any atom is -0.490 e. The zero-order chi connectivity index (χ0) is 24.8. The van der Waals surface area contributed by atoms with Crippen molar-refractivity contribution in [1.29, 1.82) is 0 Å². The number of carbonyl (C=O) groups excluding carboxylic acids is 1. The van der Waals surface area contributed by atoms with Crippen LogP contribution in [0.15, 0.2) is 71.1 Å². The number of esters is 1. The standard InChI is InChI=1S/C25H18Cl3N3O3S/c1-2-33-23-11-15(3-10-22(23)34-24(32)16-4-6-17(26)7-5-16)13-29-31-25-30-21(14-35-25)19-9-8-18(27)12-20(19)28/h3-14H,2H2,1H3,(H,30,31)/b29-13-. The fraction of sp³-hybridized carbons (Fsp3) is 0.0800. The van der Waals surface area contributed by atoms with Crippen LogP contribution in [0, 0.1) is 0 Å². The van der Waals surface area contributed by atoms with Crippen molar-refractivity contribution in [1.82, 2.24) is 4.98 Å². The number of hydrogen-bond acceptors (Lipinski definition) is 7. The van der Waals surface area contributed by atoms with Crippen molar-refractivity contribution in [2.45, 2.75) is 6.92 Å². The number of carbonyl (C=O) groups is 1. The Morgan fingerprint density at radius 3 is 2.54 bits per heavy atom. The molecule has 1 heterocycles. The Hall–Kier alpha value is -3.10. The lowest BCUT2D eigenvalue weighted by Gasteiger charge is -2.11. The number of thiazole rings is 1. The summed E-state index contributed by atoms with van der Waals surface area (Å²) in [4.78, 5) is 17.0. The number of nitrogens with one attached hydrogen (secondary N) is 1. The first-order chi connectivity index (χ1) is 16.9. The van der Waals surface area contributed by atoms with Crippen molar-refractivity contribution < 1.29 is 14.3 Å². The van der Waals surface area contributed by atoms with E-state index in [4.69, 9.17) is 44.3 Å². The topological polar surface area (TPSA) is 72.8 Å². The number of benzene rings is 3. The fourth-order valence-electron chi connectivity index (χ4n) is 3.01. The Balaban J connectivity index is 1.44. The molecule has 0 spiro atoms. The van der Waals surface area contributed by atoms with E-state index in [1.54, 1.807) is 60.8 Å². The van der Waals surface area contributed by atoms with E-state index in [0.717, 1.165) is 16.8 Å². The van der Waals surface area contributed by atoms with Crippen molar-refractivity contribution in [3.05, 3.63) is 92.2 Å². The monoisotopic (exact) mass is 545 g/mol. The Bertz CT molecular complexity index is 1370. The second-order valence-electron chi connectivity index (χ2n) is 7.07. The first-order valence-corrected chi connectivity index (χ1v) is 12.4. The van der Waals surface area contributed by atoms with Gasteiger partial charge < -0.3 is 9.47 Å². The highest BCUT2D eigenvalue weighted by Gasteiger charge is 2.13. The van der Waals surface area contributed by atoms with Gasteiger partial charge in [-0.15, -0.1) is 11.3 Å². The van der Waals surface area contributed by atoms with Gasteiger partial charge in [0.25, 0.3) is 0 Å². The van der Waals surface area contributed by atoms with Crippen molar-refractivity contribution in [2.75, 3.05) is 12.0 Å². The van der Waals surface area contributed by atoms with E-state index in [1.807, 2.05) is 18.4 Å². The van der Waals surface area contributed by atoms with E-state index < -0.39 is 5.97 Å². The molecule has 0 radical (unpaired) electrons. The molecular formula is C25H18Cl3N3O3S. The highest BCUT2D eigenvalue weighted by molar-refractivity contribution is 7.14. The van der Waals surface area contributed by atoms with Crippen LogP contribution < -0.4 is 14.9 Å². The summed E-state index contributed by atoms with van der Waals surface area (Å²) in [5.74, 6) is 0.222. The van der Waals surface area contributed by atoms with Gasteiger partial charge in [-0.05, 0) is 73.2 Å². The van der Waals surface area contributed by atoms with Crippen molar-refractivity contribution in [3.63, 3.8) is 0 Å². The summed E-state index contributed by atoms with van der Waals surface area (Å²) < 4.78 is 11.2. The van der Waals surface area contributed by atoms with Gasteiger partial charge in [0, 0.05) is 21.0 Å². The molecule has 0 unspecified atom stereocenters. The average Bonchev–Trinajstić information content (AvgIpc) is 3.29. The third-order valence-electron chi connectivity index (χ3n) is 4.64. The molecular weight excluding hydrogens is 529 g/mol. The van der Waals surface area contributed by atoms with Gasteiger partial charge in [0.15, 0.2) is 11.5 Å². The lowest BCUT2D eigenvalue weighted by Crippen LogP contribution is -2.09. The first kappa shape index (κ1) is 25.0. The van der Waals surface area contributed by atoms with Gasteiger partial charge >= 0.3 is 5.97 Å². The largest absolute Gasteiger partial charge is 0.490 e. The number of ether oxygens (including phenoxy) is 2. The summed E-state index contributed by atoms with van der Waals surface area (Å²) in [5.41, 5.74) is 5.54. The van der Waals surface area contributed by atoms with Crippen LogP contribution in [0.25, 0.3) is 11.3 Å². The number of hydrogen-bond donors (Lipinski definition) is 1. The van der Waals surface area contributed by atoms with Gasteiger partial charge in [0.05, 0.1) is 29.1 Å². The van der Waals surface area contributed by atoms with E-state index in [9.17, 15) is 4.79 Å². The van der Waals surface area contributed by atoms with E-state index in [0.29, 0.717) is 43.9 Å². The molecule has 6 nitrogen and oxygen atoms in total. The quantitative estimate of drug-likeness (QED) is 0.105. The summed E-state index contributed by atoms with van der Waals surface area (Å²) in [7, 11) is 0. The van der Waals surface area contributed by atoms with Crippen molar-refractivity contribution in [2.24, 2.45) is 5.10 Å². The zero-order valence-electron chi connectivity index (χ0n) is 18.3. The predicted molar refractivity (Wildman–Crippen MR) is 143 cm³/mol. The van der Waals surface area contributed by atoms with Crippen molar-refractivity contribution in [3.8, 4) is 22.8 Å². The zero-order valence-corrected chi connectivity index (χ0v) is 21.4. The smallest absolute Gasteiger partial charge is 0.343 e. The molecule has 178 valence electrons. The van der Waals surface area contributed by atoms with Gasteiger partial charge in [0.2, 0.25) is 5.13 Å². The molecule has 3 aromatic carbocycles. The highest BCUT2D eigenvalue weighted by Crippen LogP contribution is 2.32. The van der Waals surface area contributed by atoms with Crippen LogP contribution >= 0.6 is 46.1 Å². The van der Waals surface area contributed by atoms with Crippen LogP contribution in [-0.4, -0.2) is 23.8 Å². The Morgan fingerprint density at radius 1 is 1.03 bits per heavy atom. The lowest BCUT2D eigenvalue weighted by molar-refractivity contribution is 0.0728. The third-order valence-corrected chi connectivity index (χ3v) is 6.18. The van der Waals surface area contributed by atoms with Crippen LogP contribution in [0.1, 0.15) is 22.8 Å². The maximum absolute atomic E-state index is 12.5. The fourth-order valence-corrected chi connectivity index (χ4v) is 4.30. The van der Waals surface area contributed by atoms with Gasteiger partial charge in [-0.25, -0.2) is 9.78 Å². The number of nitrogens with zero attached hydrogens (tertiary/aromatic N) is 2. The summed E-state index contributed by atoms with van der Waals surface area (Å²) in [6, 6.07) is 16.9. The summed E-state index contributed by atoms with van der Waals surface area (Å²) in [5, 5.41) is 8.35. The van der Waals surface area contributed by atoms with Crippen LogP contribution in [-0.2, 0) is 0 Å². The highest BCUT2D eigenvalue weighted by atomic mass is 35.5. The minimum absolute atomic E-state index is 0.307. The molecule has 1 N–H and O–H groups in total. The molecule has 0 atom stereocenters. The number of aromatic nitrogens is 1. The Morgan fingerprint density at radius 2 is 1.80 bits per heavy atom. The molecule has 0 saturated heterocycles. The number of halogens is 3. The number of hydrazone groups is 1. The normalized spacial score (nSPS) is 11.0. The Labute approximate surface area is 221 Å². The average molecular weight is 547 g/mol. The molecule has 0 aliphatic heterocycles. The second-order valence-corrected chi connectivity index (χ2v) is 9.21. The van der Waals surface area contributed by atoms with Gasteiger partial charge in [-0.1, -0.05) is 34.8 Å². The molecule has 1 aromatic heterocycles. The molecule has 4 aromatic rings. The van der Waals surface area contributed by atoms with E-state index in [1.165, 1.54) is 11.3 Å². The van der Waals surface area contributed by atoms with Gasteiger partial charge in [-0.2, -0.15) is 5.10 Å². The van der Waals surface area contributed by atoms with Crippen LogP contribution in [0.3, 0.4) is 0 Å². The molecule has 35 heavy (non-hydrogen) atoms. The number of anilines is 1. The third kappa shape index (κ3) is 6.52. The second kappa shape index (κ2) is 11.6. The van der Waals surface area contributed by atoms with E-state index in [-0.39, 0.29) is 0 Å². The SMILES string of the molecule is CCOc1cc(/C=N\Nc2nc(-c3ccc(Cl)cc3Cl)cs2)ccc1OC(=O)c1ccc(Cl)cc1. The molecule has 0 aliphatic rings. The summed E-state index contributed by atoms with van der Waals surface area (Å²) in [6.45, 7) is 2.25. The van der Waals surface area contributed by atoms with Crippen LogP contribution in [0.4, 0.5) is 5.13 Å². The maximum Gasteiger partial charge on any atom is 0.343 e. The van der Waals surface area contributed by atoms with Gasteiger partial charge in [0.1, 0.15) is 0 Å².